The van der Waals surface area contributed by atoms with E-state index in [1.165, 1.54) is 6.92 Å². The highest BCUT2D eigenvalue weighted by molar-refractivity contribution is 6.09. The smallest absolute Gasteiger partial charge is 0.290 e. The number of fused-ring (bicyclic) bond motifs is 1. The summed E-state index contributed by atoms with van der Waals surface area (Å²) in [5, 5.41) is 2.78. The van der Waals surface area contributed by atoms with Crippen LogP contribution in [0.3, 0.4) is 0 Å². The zero-order valence-corrected chi connectivity index (χ0v) is 15.5. The number of nitrogens with zero attached hydrogens (tertiary/aromatic N) is 3. The van der Waals surface area contributed by atoms with Crippen molar-refractivity contribution in [2.24, 2.45) is 0 Å². The first-order valence-electron chi connectivity index (χ1n) is 9.23. The van der Waals surface area contributed by atoms with Crippen LogP contribution in [0.2, 0.25) is 0 Å². The molecule has 1 saturated heterocycles. The van der Waals surface area contributed by atoms with Crippen molar-refractivity contribution in [1.29, 1.82) is 0 Å². The number of imidazole rings is 1. The van der Waals surface area contributed by atoms with Gasteiger partial charge in [0.05, 0.1) is 5.52 Å². The lowest BCUT2D eigenvalue weighted by Gasteiger charge is -2.13. The number of carbonyl (C=O) groups excluding carboxylic acids is 3. The summed E-state index contributed by atoms with van der Waals surface area (Å²) in [5.74, 6) is -0.441. The average molecular weight is 376 g/mol. The number of carbonyl (C=O) groups is 3. The van der Waals surface area contributed by atoms with E-state index in [0.29, 0.717) is 29.9 Å². The van der Waals surface area contributed by atoms with Crippen LogP contribution in [-0.2, 0) is 0 Å². The Bertz CT molecular complexity index is 1080. The van der Waals surface area contributed by atoms with Crippen molar-refractivity contribution in [1.82, 2.24) is 14.3 Å². The summed E-state index contributed by atoms with van der Waals surface area (Å²) in [6.45, 7) is 2.89. The van der Waals surface area contributed by atoms with Gasteiger partial charge in [0.15, 0.2) is 11.5 Å². The van der Waals surface area contributed by atoms with Crippen LogP contribution in [0.1, 0.15) is 51.2 Å². The van der Waals surface area contributed by atoms with E-state index in [0.717, 1.165) is 12.8 Å². The number of hydrogen-bond acceptors (Lipinski definition) is 4. The number of ketones is 1. The van der Waals surface area contributed by atoms with Gasteiger partial charge in [-0.05, 0) is 44.0 Å². The number of likely N-dealkylation sites (tertiary alicyclic amines) is 1. The average Bonchev–Trinajstić information content (AvgIpc) is 3.36. The Morgan fingerprint density at radius 3 is 2.57 bits per heavy atom. The zero-order chi connectivity index (χ0) is 19.7. The van der Waals surface area contributed by atoms with Crippen molar-refractivity contribution in [3.63, 3.8) is 0 Å². The van der Waals surface area contributed by atoms with Crippen molar-refractivity contribution in [2.75, 3.05) is 18.4 Å². The molecular formula is C21H20N4O3. The largest absolute Gasteiger partial charge is 0.336 e. The normalized spacial score (nSPS) is 13.7. The summed E-state index contributed by atoms with van der Waals surface area (Å²) in [7, 11) is 0. The van der Waals surface area contributed by atoms with E-state index in [1.54, 1.807) is 58.0 Å². The van der Waals surface area contributed by atoms with Crippen LogP contribution in [0, 0.1) is 0 Å². The van der Waals surface area contributed by atoms with Crippen molar-refractivity contribution < 1.29 is 14.4 Å². The van der Waals surface area contributed by atoms with Crippen molar-refractivity contribution >= 4 is 28.8 Å². The second kappa shape index (κ2) is 7.26. The van der Waals surface area contributed by atoms with Gasteiger partial charge < -0.3 is 10.2 Å². The Kier molecular flexibility index (Phi) is 4.65. The summed E-state index contributed by atoms with van der Waals surface area (Å²) in [6, 6.07) is 12.1. The molecule has 3 aromatic rings. The summed E-state index contributed by atoms with van der Waals surface area (Å²) in [6.07, 6.45) is 3.70. The number of Topliss-reactive ketones (excluding diaryl/α,β-unsaturated/α-hetero) is 1. The van der Waals surface area contributed by atoms with Gasteiger partial charge in [0.25, 0.3) is 11.8 Å². The number of nitrogens with one attached hydrogen (secondary N) is 1. The number of pyridine rings is 1. The predicted octanol–water partition coefficient (Wildman–Crippen LogP) is 3.03. The highest BCUT2D eigenvalue weighted by Crippen LogP contribution is 2.19. The SMILES string of the molecule is CC(=O)c1cccc(NC(=O)c2nc(C(=O)N3CCCC3)n3ccccc23)c1. The lowest BCUT2D eigenvalue weighted by molar-refractivity contribution is 0.0780. The highest BCUT2D eigenvalue weighted by Gasteiger charge is 2.26. The second-order valence-corrected chi connectivity index (χ2v) is 6.83. The summed E-state index contributed by atoms with van der Waals surface area (Å²) in [4.78, 5) is 43.4. The van der Waals surface area contributed by atoms with E-state index in [-0.39, 0.29) is 23.2 Å². The van der Waals surface area contributed by atoms with E-state index in [1.807, 2.05) is 0 Å². The Labute approximate surface area is 162 Å². The maximum absolute atomic E-state index is 12.9. The quantitative estimate of drug-likeness (QED) is 0.710. The number of rotatable bonds is 4. The maximum Gasteiger partial charge on any atom is 0.290 e. The molecule has 1 aliphatic rings. The molecule has 7 nitrogen and oxygen atoms in total. The van der Waals surface area contributed by atoms with Gasteiger partial charge in [0.1, 0.15) is 0 Å². The van der Waals surface area contributed by atoms with Crippen LogP contribution in [0.5, 0.6) is 0 Å². The minimum atomic E-state index is -0.426. The van der Waals surface area contributed by atoms with Crippen molar-refractivity contribution in [3.8, 4) is 0 Å². The number of hydrogen-bond donors (Lipinski definition) is 1. The summed E-state index contributed by atoms with van der Waals surface area (Å²) < 4.78 is 1.65. The minimum absolute atomic E-state index is 0.0814. The lowest BCUT2D eigenvalue weighted by atomic mass is 10.1. The third kappa shape index (κ3) is 3.26. The first-order chi connectivity index (χ1) is 13.5. The molecule has 3 heterocycles. The van der Waals surface area contributed by atoms with Gasteiger partial charge in [-0.2, -0.15) is 0 Å². The molecule has 7 heteroatoms. The minimum Gasteiger partial charge on any atom is -0.336 e. The molecule has 0 aliphatic carbocycles. The monoisotopic (exact) mass is 376 g/mol. The lowest BCUT2D eigenvalue weighted by Crippen LogP contribution is -2.29. The first kappa shape index (κ1) is 17.9. The van der Waals surface area contributed by atoms with E-state index < -0.39 is 5.91 Å². The molecule has 0 spiro atoms. The molecule has 28 heavy (non-hydrogen) atoms. The summed E-state index contributed by atoms with van der Waals surface area (Å²) in [5.41, 5.74) is 1.75. The molecule has 142 valence electrons. The van der Waals surface area contributed by atoms with Crippen LogP contribution in [0.25, 0.3) is 5.52 Å². The Morgan fingerprint density at radius 1 is 1.04 bits per heavy atom. The van der Waals surface area contributed by atoms with E-state index >= 15 is 0 Å². The maximum atomic E-state index is 12.9. The van der Waals surface area contributed by atoms with Gasteiger partial charge >= 0.3 is 0 Å². The number of amides is 2. The Morgan fingerprint density at radius 2 is 1.82 bits per heavy atom. The highest BCUT2D eigenvalue weighted by atomic mass is 16.2. The Balaban J connectivity index is 1.68. The zero-order valence-electron chi connectivity index (χ0n) is 15.5. The van der Waals surface area contributed by atoms with Crippen LogP contribution in [0.4, 0.5) is 5.69 Å². The topological polar surface area (TPSA) is 83.8 Å². The molecule has 2 aromatic heterocycles. The van der Waals surface area contributed by atoms with E-state index in [4.69, 9.17) is 0 Å². The molecule has 2 amide bonds. The number of aromatic nitrogens is 2. The molecule has 0 unspecified atom stereocenters. The Hall–Kier alpha value is -3.48. The third-order valence-electron chi connectivity index (χ3n) is 4.87. The van der Waals surface area contributed by atoms with Crippen LogP contribution >= 0.6 is 0 Å². The molecule has 1 N–H and O–H groups in total. The van der Waals surface area contributed by atoms with Crippen molar-refractivity contribution in [2.45, 2.75) is 19.8 Å². The fourth-order valence-electron chi connectivity index (χ4n) is 3.42. The predicted molar refractivity (Wildman–Crippen MR) is 105 cm³/mol. The molecule has 4 rings (SSSR count). The fraction of sp³-hybridized carbons (Fsp3) is 0.238. The molecule has 1 fully saturated rings. The molecule has 0 saturated carbocycles. The van der Waals surface area contributed by atoms with E-state index in [2.05, 4.69) is 10.3 Å². The van der Waals surface area contributed by atoms with E-state index in [9.17, 15) is 14.4 Å². The standard InChI is InChI=1S/C21H20N4O3/c1-14(26)15-7-6-8-16(13-15)22-20(27)18-17-9-2-3-12-25(17)19(23-18)21(28)24-10-4-5-11-24/h2-3,6-9,12-13H,4-5,10-11H2,1H3,(H,22,27). The number of anilines is 1. The van der Waals surface area contributed by atoms with Gasteiger partial charge in [-0.3, -0.25) is 18.8 Å². The van der Waals surface area contributed by atoms with Gasteiger partial charge in [-0.15, -0.1) is 0 Å². The fourth-order valence-corrected chi connectivity index (χ4v) is 3.42. The van der Waals surface area contributed by atoms with Crippen molar-refractivity contribution in [3.05, 3.63) is 65.7 Å². The van der Waals surface area contributed by atoms with Gasteiger partial charge in [0, 0.05) is 30.5 Å². The van der Waals surface area contributed by atoms with Gasteiger partial charge in [-0.25, -0.2) is 4.98 Å². The van der Waals surface area contributed by atoms with Crippen LogP contribution < -0.4 is 5.32 Å². The molecular weight excluding hydrogens is 356 g/mol. The number of benzene rings is 1. The molecule has 0 bridgehead atoms. The van der Waals surface area contributed by atoms with Crippen LogP contribution in [-0.4, -0.2) is 45.0 Å². The molecule has 0 atom stereocenters. The first-order valence-corrected chi connectivity index (χ1v) is 9.23. The molecule has 0 radical (unpaired) electrons. The molecule has 1 aromatic carbocycles. The van der Waals surface area contributed by atoms with Gasteiger partial charge in [-0.1, -0.05) is 18.2 Å². The van der Waals surface area contributed by atoms with Crippen LogP contribution in [0.15, 0.2) is 48.7 Å². The van der Waals surface area contributed by atoms with Gasteiger partial charge in [0.2, 0.25) is 5.82 Å². The summed E-state index contributed by atoms with van der Waals surface area (Å²) >= 11 is 0. The third-order valence-corrected chi connectivity index (χ3v) is 4.87. The molecule has 1 aliphatic heterocycles. The second-order valence-electron chi connectivity index (χ2n) is 6.83.